The van der Waals surface area contributed by atoms with Crippen LogP contribution in [0.25, 0.3) is 28.8 Å². The van der Waals surface area contributed by atoms with E-state index in [0.717, 1.165) is 0 Å². The van der Waals surface area contributed by atoms with E-state index in [4.69, 9.17) is 0 Å². The van der Waals surface area contributed by atoms with Crippen LogP contribution in [0.2, 0.25) is 0 Å². The van der Waals surface area contributed by atoms with Gasteiger partial charge in [-0.05, 0) is 0 Å². The molecule has 2 aromatic heterocycles. The van der Waals surface area contributed by atoms with E-state index in [-0.39, 0.29) is 24.8 Å². The summed E-state index contributed by atoms with van der Waals surface area (Å²) in [5.41, 5.74) is 8.44. The summed E-state index contributed by atoms with van der Waals surface area (Å²) in [5, 5.41) is 1.30. The normalized spacial score (nSPS) is 17.5. The van der Waals surface area contributed by atoms with Crippen LogP contribution in [0.5, 0.6) is 0 Å². The van der Waals surface area contributed by atoms with Crippen molar-refractivity contribution >= 4 is 28.8 Å². The zero-order valence-electron chi connectivity index (χ0n) is 18.9. The quantitative estimate of drug-likeness (QED) is 0.307. The van der Waals surface area contributed by atoms with E-state index in [2.05, 4.69) is 131 Å². The molecule has 0 radical (unpaired) electrons. The first-order chi connectivity index (χ1) is 16.4. The Bertz CT molecular complexity index is 1560. The molecule has 0 bridgehead atoms. The van der Waals surface area contributed by atoms with Crippen molar-refractivity contribution in [3.05, 3.63) is 135 Å². The van der Waals surface area contributed by atoms with Gasteiger partial charge in [-0.25, -0.2) is 0 Å². The van der Waals surface area contributed by atoms with Crippen molar-refractivity contribution < 1.29 is 48.0 Å². The smallest absolute Gasteiger partial charge is 1.00 e. The molecule has 2 aliphatic rings. The van der Waals surface area contributed by atoms with E-state index < -0.39 is 23.2 Å². The minimum atomic E-state index is -1.03. The number of rotatable bonds is 4. The molecule has 5 heteroatoms. The SMILES string of the molecule is C1=[C]([Zr+2][CH]2C(n3ccc4ccccc43)=Cc3ccccc32)C(n2cccc2)c2ccccc21.[Cl-].[Cl-]. The summed E-state index contributed by atoms with van der Waals surface area (Å²) in [6.45, 7) is 0. The molecule has 7 rings (SSSR count). The van der Waals surface area contributed by atoms with Crippen LogP contribution in [0, 0.1) is 0 Å². The van der Waals surface area contributed by atoms with E-state index in [1.165, 1.54) is 38.9 Å². The van der Waals surface area contributed by atoms with E-state index >= 15 is 0 Å². The number of hydrogen-bond acceptors (Lipinski definition) is 0. The zero-order chi connectivity index (χ0) is 21.8. The van der Waals surface area contributed by atoms with Crippen LogP contribution < -0.4 is 24.8 Å². The molecule has 2 atom stereocenters. The average molecular weight is 573 g/mol. The van der Waals surface area contributed by atoms with Gasteiger partial charge >= 0.3 is 206 Å². The van der Waals surface area contributed by atoms with Crippen molar-refractivity contribution in [3.8, 4) is 0 Å². The predicted octanol–water partition coefficient (Wildman–Crippen LogP) is 1.23. The molecule has 0 saturated carbocycles. The minimum Gasteiger partial charge on any atom is -1.00 e. The Labute approximate surface area is 229 Å². The van der Waals surface area contributed by atoms with Gasteiger partial charge in [0.2, 0.25) is 0 Å². The Morgan fingerprint density at radius 1 is 0.600 bits per heavy atom. The first kappa shape index (κ1) is 24.1. The third kappa shape index (κ3) is 4.00. The predicted molar refractivity (Wildman–Crippen MR) is 132 cm³/mol. The van der Waals surface area contributed by atoms with Crippen LogP contribution in [-0.2, 0) is 23.2 Å². The van der Waals surface area contributed by atoms with Crippen LogP contribution >= 0.6 is 0 Å². The first-order valence-corrected chi connectivity index (χ1v) is 14.1. The maximum Gasteiger partial charge on any atom is -1.00 e. The summed E-state index contributed by atoms with van der Waals surface area (Å²) in [6.07, 6.45) is 11.6. The Morgan fingerprint density at radius 2 is 1.26 bits per heavy atom. The molecule has 3 aromatic carbocycles. The van der Waals surface area contributed by atoms with Crippen molar-refractivity contribution in [1.82, 2.24) is 9.13 Å². The second kappa shape index (κ2) is 9.82. The number of fused-ring (bicyclic) bond motifs is 3. The van der Waals surface area contributed by atoms with Gasteiger partial charge in [-0.1, -0.05) is 0 Å². The van der Waals surface area contributed by atoms with Crippen LogP contribution in [0.15, 0.2) is 113 Å². The van der Waals surface area contributed by atoms with Gasteiger partial charge in [0, 0.05) is 0 Å². The summed E-state index contributed by atoms with van der Waals surface area (Å²) in [6, 6.07) is 33.5. The van der Waals surface area contributed by atoms with Crippen LogP contribution in [0.4, 0.5) is 0 Å². The molecule has 2 nitrogen and oxygen atoms in total. The number of aromatic nitrogens is 2. The van der Waals surface area contributed by atoms with Crippen LogP contribution in [-0.4, -0.2) is 9.13 Å². The Morgan fingerprint density at radius 3 is 2.06 bits per heavy atom. The van der Waals surface area contributed by atoms with E-state index in [0.29, 0.717) is 9.67 Å². The molecular formula is C30H22Cl2N2Zr. The van der Waals surface area contributed by atoms with Gasteiger partial charge in [-0.15, -0.1) is 0 Å². The topological polar surface area (TPSA) is 9.86 Å². The van der Waals surface area contributed by atoms with Gasteiger partial charge in [-0.2, -0.15) is 0 Å². The van der Waals surface area contributed by atoms with Gasteiger partial charge in [0.1, 0.15) is 0 Å². The fourth-order valence-corrected chi connectivity index (χ4v) is 9.89. The zero-order valence-corrected chi connectivity index (χ0v) is 22.8. The van der Waals surface area contributed by atoms with Crippen LogP contribution in [0.3, 0.4) is 0 Å². The fraction of sp³-hybridized carbons (Fsp3) is 0.0667. The number of benzene rings is 3. The molecule has 2 heterocycles. The van der Waals surface area contributed by atoms with Crippen molar-refractivity contribution in [2.24, 2.45) is 0 Å². The molecule has 0 amide bonds. The second-order valence-corrected chi connectivity index (χ2v) is 12.3. The molecule has 2 aliphatic carbocycles. The molecule has 0 fully saturated rings. The van der Waals surface area contributed by atoms with E-state index in [1.807, 2.05) is 0 Å². The van der Waals surface area contributed by atoms with Gasteiger partial charge in [0.05, 0.1) is 0 Å². The maximum absolute atomic E-state index is 2.50. The second-order valence-electron chi connectivity index (χ2n) is 8.78. The molecule has 0 spiro atoms. The van der Waals surface area contributed by atoms with E-state index in [1.54, 1.807) is 3.28 Å². The van der Waals surface area contributed by atoms with Gasteiger partial charge in [0.25, 0.3) is 0 Å². The largest absolute Gasteiger partial charge is 1.00 e. The summed E-state index contributed by atoms with van der Waals surface area (Å²) >= 11 is -1.03. The molecule has 170 valence electrons. The van der Waals surface area contributed by atoms with Gasteiger partial charge in [-0.3, -0.25) is 0 Å². The summed E-state index contributed by atoms with van der Waals surface area (Å²) < 4.78 is 6.96. The Kier molecular flexibility index (Phi) is 6.77. The number of nitrogens with zero attached hydrogens (tertiary/aromatic N) is 2. The molecule has 2 unspecified atom stereocenters. The van der Waals surface area contributed by atoms with Gasteiger partial charge in [0.15, 0.2) is 0 Å². The third-order valence-corrected chi connectivity index (χ3v) is 11.0. The Hall–Kier alpha value is -2.58. The summed E-state index contributed by atoms with van der Waals surface area (Å²) in [5.74, 6) is 0. The number of hydrogen-bond donors (Lipinski definition) is 0. The minimum absolute atomic E-state index is 0. The first-order valence-electron chi connectivity index (χ1n) is 11.4. The van der Waals surface area contributed by atoms with Gasteiger partial charge < -0.3 is 24.8 Å². The van der Waals surface area contributed by atoms with Crippen molar-refractivity contribution in [2.45, 2.75) is 9.67 Å². The van der Waals surface area contributed by atoms with Crippen molar-refractivity contribution in [2.75, 3.05) is 0 Å². The molecule has 5 aromatic rings. The van der Waals surface area contributed by atoms with Crippen LogP contribution in [0.1, 0.15) is 31.9 Å². The number of allylic oxidation sites excluding steroid dienone is 2. The monoisotopic (exact) mass is 570 g/mol. The third-order valence-electron chi connectivity index (χ3n) is 6.92. The molecule has 0 N–H and O–H groups in total. The van der Waals surface area contributed by atoms with E-state index in [9.17, 15) is 0 Å². The Balaban J connectivity index is 0.00000127. The average Bonchev–Trinajstić information content (AvgIpc) is 3.63. The van der Waals surface area contributed by atoms with Crippen molar-refractivity contribution in [3.63, 3.8) is 0 Å². The standard InChI is InChI=1S/C17H12N.C13H10N.2ClH.Zr/c1-2-7-15-12-16(11-14(15)6-1)18-10-9-13-5-3-4-8-17(13)18;1-2-6-12-11(5-1)7-8-13(12)14-9-3-4-10-14;;;/h1-12H;1-7,9-10,13H;2*1H;/q;;;;+2/p-2. The number of para-hydroxylation sites is 1. The molecule has 0 saturated heterocycles. The maximum atomic E-state index is 2.50. The fourth-order valence-electron chi connectivity index (χ4n) is 5.41. The number of halogens is 2. The molecule has 35 heavy (non-hydrogen) atoms. The summed E-state index contributed by atoms with van der Waals surface area (Å²) in [4.78, 5) is 0. The molecule has 0 aliphatic heterocycles. The molecular weight excluding hydrogens is 550 g/mol. The van der Waals surface area contributed by atoms with Crippen molar-refractivity contribution in [1.29, 1.82) is 0 Å². The summed E-state index contributed by atoms with van der Waals surface area (Å²) in [7, 11) is 0.